The fraction of sp³-hybridized carbons (Fsp3) is 0.636. The second-order valence-electron chi connectivity index (χ2n) is 13.8. The standard InChI is InChI=1S/C33H46ClN7O3/c1-20(2)32-19-33(32,44-32)31(4)28(18-40(5)39-31)37-29-25(34)17-35-30(38-29)36-26-15-21(3)24(16-27(26)43-23-7-8-23)22-9-11-41(12-10-22)13-14-42-6/h15-18,20,22-23,39H,7-14,19H2,1-6H3,(H2,35,36,37,38). The fourth-order valence-electron chi connectivity index (χ4n) is 7.48. The third-order valence-electron chi connectivity index (χ3n) is 10.5. The largest absolute Gasteiger partial charge is 0.488 e. The van der Waals surface area contributed by atoms with Gasteiger partial charge in [-0.25, -0.2) is 10.4 Å². The molecule has 10 nitrogen and oxygen atoms in total. The molecule has 5 aliphatic rings. The minimum atomic E-state index is -0.425. The summed E-state index contributed by atoms with van der Waals surface area (Å²) in [5.41, 5.74) is 7.36. The van der Waals surface area contributed by atoms with Gasteiger partial charge >= 0.3 is 0 Å². The van der Waals surface area contributed by atoms with Crippen molar-refractivity contribution in [2.24, 2.45) is 5.92 Å². The van der Waals surface area contributed by atoms with E-state index in [1.165, 1.54) is 11.1 Å². The van der Waals surface area contributed by atoms with Crippen LogP contribution in [0, 0.1) is 12.8 Å². The summed E-state index contributed by atoms with van der Waals surface area (Å²) in [4.78, 5) is 11.9. The van der Waals surface area contributed by atoms with Crippen molar-refractivity contribution in [2.45, 2.75) is 88.6 Å². The number of piperidine rings is 1. The lowest BCUT2D eigenvalue weighted by Gasteiger charge is -2.33. The van der Waals surface area contributed by atoms with E-state index in [1.54, 1.807) is 13.3 Å². The molecule has 11 heteroatoms. The number of hydrazine groups is 1. The number of likely N-dealkylation sites (tertiary alicyclic amines) is 1. The Hall–Kier alpha value is -2.63. The summed E-state index contributed by atoms with van der Waals surface area (Å²) in [6, 6.07) is 4.44. The number of anilines is 3. The number of methoxy groups -OCH3 is 1. The van der Waals surface area contributed by atoms with E-state index in [1.807, 2.05) is 12.1 Å². The number of benzene rings is 1. The molecule has 44 heavy (non-hydrogen) atoms. The van der Waals surface area contributed by atoms with Crippen molar-refractivity contribution in [1.29, 1.82) is 0 Å². The molecule has 0 bridgehead atoms. The minimum absolute atomic E-state index is 0.0636. The second-order valence-corrected chi connectivity index (χ2v) is 14.2. The Balaban J connectivity index is 1.10. The first kappa shape index (κ1) is 30.0. The zero-order valence-electron chi connectivity index (χ0n) is 26.8. The highest BCUT2D eigenvalue weighted by molar-refractivity contribution is 6.32. The van der Waals surface area contributed by atoms with E-state index in [0.29, 0.717) is 28.6 Å². The maximum Gasteiger partial charge on any atom is 0.229 e. The zero-order valence-corrected chi connectivity index (χ0v) is 27.6. The van der Waals surface area contributed by atoms with E-state index < -0.39 is 5.54 Å². The lowest BCUT2D eigenvalue weighted by Crippen LogP contribution is -2.53. The molecule has 238 valence electrons. The van der Waals surface area contributed by atoms with Gasteiger partial charge in [-0.1, -0.05) is 25.4 Å². The molecular weight excluding hydrogens is 578 g/mol. The van der Waals surface area contributed by atoms with Gasteiger partial charge in [-0.15, -0.1) is 0 Å². The Bertz CT molecular complexity index is 1450. The van der Waals surface area contributed by atoms with Crippen molar-refractivity contribution >= 4 is 29.1 Å². The van der Waals surface area contributed by atoms with Crippen LogP contribution in [0.1, 0.15) is 69.9 Å². The number of aryl methyl sites for hydroxylation is 1. The molecule has 0 spiro atoms. The molecule has 1 aromatic heterocycles. The lowest BCUT2D eigenvalue weighted by molar-refractivity contribution is 0.0925. The van der Waals surface area contributed by atoms with Gasteiger partial charge in [0.1, 0.15) is 27.5 Å². The van der Waals surface area contributed by atoms with Gasteiger partial charge in [0.2, 0.25) is 5.95 Å². The first-order valence-corrected chi connectivity index (χ1v) is 16.5. The molecule has 0 amide bonds. The fourth-order valence-corrected chi connectivity index (χ4v) is 7.62. The Morgan fingerprint density at radius 1 is 1.18 bits per heavy atom. The third-order valence-corrected chi connectivity index (χ3v) is 10.7. The highest BCUT2D eigenvalue weighted by atomic mass is 35.5. The molecule has 3 unspecified atom stereocenters. The van der Waals surface area contributed by atoms with Crippen LogP contribution in [0.3, 0.4) is 0 Å². The van der Waals surface area contributed by atoms with Crippen LogP contribution in [0.5, 0.6) is 5.75 Å². The van der Waals surface area contributed by atoms with Gasteiger partial charge in [0, 0.05) is 33.3 Å². The van der Waals surface area contributed by atoms with Gasteiger partial charge in [-0.3, -0.25) is 0 Å². The Morgan fingerprint density at radius 3 is 2.59 bits per heavy atom. The van der Waals surface area contributed by atoms with E-state index in [2.05, 4.69) is 72.0 Å². The molecule has 2 aromatic rings. The number of ether oxygens (including phenoxy) is 3. The van der Waals surface area contributed by atoms with Gasteiger partial charge < -0.3 is 34.8 Å². The average molecular weight is 624 g/mol. The molecule has 3 atom stereocenters. The van der Waals surface area contributed by atoms with E-state index in [4.69, 9.17) is 30.8 Å². The summed E-state index contributed by atoms with van der Waals surface area (Å²) in [7, 11) is 3.77. The summed E-state index contributed by atoms with van der Waals surface area (Å²) in [6.45, 7) is 12.8. The van der Waals surface area contributed by atoms with E-state index in [-0.39, 0.29) is 17.3 Å². The number of halogens is 1. The summed E-state index contributed by atoms with van der Waals surface area (Å²) in [5, 5.41) is 9.42. The van der Waals surface area contributed by atoms with Crippen molar-refractivity contribution in [3.8, 4) is 5.75 Å². The van der Waals surface area contributed by atoms with Gasteiger partial charge in [0.25, 0.3) is 0 Å². The Labute approximate surface area is 265 Å². The Morgan fingerprint density at radius 2 is 1.93 bits per heavy atom. The van der Waals surface area contributed by atoms with E-state index in [0.717, 1.165) is 75.5 Å². The van der Waals surface area contributed by atoms with Crippen molar-refractivity contribution in [3.05, 3.63) is 46.4 Å². The number of fused-ring (bicyclic) bond motifs is 1. The number of hydrogen-bond donors (Lipinski definition) is 3. The first-order chi connectivity index (χ1) is 21.1. The molecular formula is C33H46ClN7O3. The predicted octanol–water partition coefficient (Wildman–Crippen LogP) is 5.58. The molecule has 2 aliphatic carbocycles. The lowest BCUT2D eigenvalue weighted by atomic mass is 9.86. The van der Waals surface area contributed by atoms with Crippen LogP contribution in [0.2, 0.25) is 5.02 Å². The molecule has 2 saturated carbocycles. The van der Waals surface area contributed by atoms with Crippen LogP contribution in [0.4, 0.5) is 17.5 Å². The first-order valence-electron chi connectivity index (χ1n) is 16.1. The van der Waals surface area contributed by atoms with Crippen molar-refractivity contribution < 1.29 is 14.2 Å². The van der Waals surface area contributed by atoms with Crippen molar-refractivity contribution in [1.82, 2.24) is 25.3 Å². The third kappa shape index (κ3) is 5.12. The number of nitrogens with zero attached hydrogens (tertiary/aromatic N) is 4. The molecule has 3 N–H and O–H groups in total. The number of nitrogens with one attached hydrogen (secondary N) is 3. The molecule has 4 heterocycles. The van der Waals surface area contributed by atoms with Crippen LogP contribution in [-0.2, 0) is 9.47 Å². The maximum atomic E-state index is 6.66. The summed E-state index contributed by atoms with van der Waals surface area (Å²) in [5.74, 6) is 2.83. The van der Waals surface area contributed by atoms with Gasteiger partial charge in [0.05, 0.1) is 30.3 Å². The number of hydrogen-bond acceptors (Lipinski definition) is 10. The molecule has 0 radical (unpaired) electrons. The average Bonchev–Trinajstić information content (AvgIpc) is 3.90. The normalized spacial score (nSPS) is 29.9. The van der Waals surface area contributed by atoms with Gasteiger partial charge in [-0.2, -0.15) is 4.98 Å². The van der Waals surface area contributed by atoms with Gasteiger partial charge in [0.15, 0.2) is 5.82 Å². The van der Waals surface area contributed by atoms with Crippen molar-refractivity contribution in [2.75, 3.05) is 51.0 Å². The SMILES string of the molecule is COCCN1CCC(c2cc(OC3CC3)c(Nc3ncc(Cl)c(NC4=CN(C)NC4(C)C45CC4(C(C)C)O5)n3)cc2C)CC1. The summed E-state index contributed by atoms with van der Waals surface area (Å²) in [6.07, 6.45) is 9.45. The minimum Gasteiger partial charge on any atom is -0.488 e. The van der Waals surface area contributed by atoms with E-state index >= 15 is 0 Å². The van der Waals surface area contributed by atoms with Crippen molar-refractivity contribution in [3.63, 3.8) is 0 Å². The molecule has 1 aromatic carbocycles. The highest BCUT2D eigenvalue weighted by Crippen LogP contribution is 2.79. The Kier molecular flexibility index (Phi) is 7.52. The molecule has 3 aliphatic heterocycles. The second kappa shape index (κ2) is 11.0. The molecule has 4 fully saturated rings. The quantitative estimate of drug-likeness (QED) is 0.260. The van der Waals surface area contributed by atoms with Crippen LogP contribution in [-0.4, -0.2) is 83.1 Å². The van der Waals surface area contributed by atoms with Crippen LogP contribution in [0.15, 0.2) is 30.2 Å². The van der Waals surface area contributed by atoms with E-state index in [9.17, 15) is 0 Å². The summed E-state index contributed by atoms with van der Waals surface area (Å²) >= 11 is 6.66. The molecule has 7 rings (SSSR count). The molecule has 2 saturated heterocycles. The predicted molar refractivity (Wildman–Crippen MR) is 172 cm³/mol. The highest BCUT2D eigenvalue weighted by Gasteiger charge is 2.94. The topological polar surface area (TPSA) is 99.3 Å². The van der Waals surface area contributed by atoms with Crippen LogP contribution >= 0.6 is 11.6 Å². The monoisotopic (exact) mass is 623 g/mol. The number of epoxide rings is 1. The van der Waals surface area contributed by atoms with Crippen LogP contribution < -0.4 is 20.8 Å². The van der Waals surface area contributed by atoms with Crippen LogP contribution in [0.25, 0.3) is 0 Å². The number of rotatable bonds is 12. The number of aromatic nitrogens is 2. The zero-order chi connectivity index (χ0) is 30.9. The summed E-state index contributed by atoms with van der Waals surface area (Å²) < 4.78 is 18.1. The maximum absolute atomic E-state index is 6.66. The smallest absolute Gasteiger partial charge is 0.229 e. The van der Waals surface area contributed by atoms with Gasteiger partial charge in [-0.05, 0) is 87.7 Å².